The molecule has 0 unspecified atom stereocenters. The second-order valence-corrected chi connectivity index (χ2v) is 16.3. The molecule has 10 aromatic carbocycles. The Balaban J connectivity index is 1.13. The van der Waals surface area contributed by atoms with Gasteiger partial charge in [-0.2, -0.15) is 0 Å². The van der Waals surface area contributed by atoms with E-state index in [9.17, 15) is 0 Å². The molecule has 0 aliphatic rings. The average molecular weight is 789 g/mol. The molecule has 3 heteroatoms. The molecule has 0 aliphatic carbocycles. The van der Waals surface area contributed by atoms with Gasteiger partial charge in [0, 0.05) is 32.8 Å². The summed E-state index contributed by atoms with van der Waals surface area (Å²) in [6, 6.07) is 77.0. The number of hydrogen-bond acceptors (Lipinski definition) is 2. The number of aromatic nitrogens is 2. The number of hydrogen-bond donors (Lipinski definition) is 0. The van der Waals surface area contributed by atoms with Crippen molar-refractivity contribution in [1.29, 1.82) is 0 Å². The van der Waals surface area contributed by atoms with Crippen LogP contribution in [-0.2, 0) is 0 Å². The summed E-state index contributed by atoms with van der Waals surface area (Å²) in [6.45, 7) is 0. The van der Waals surface area contributed by atoms with Crippen LogP contribution in [0.25, 0.3) is 126 Å². The topological polar surface area (TPSA) is 31.0 Å². The van der Waals surface area contributed by atoms with Gasteiger partial charge in [-0.15, -0.1) is 0 Å². The fourth-order valence-electron chi connectivity index (χ4n) is 9.84. The van der Waals surface area contributed by atoms with E-state index in [1.807, 2.05) is 6.07 Å². The summed E-state index contributed by atoms with van der Waals surface area (Å²) in [6.07, 6.45) is 1.78. The normalized spacial score (nSPS) is 11.9. The largest absolute Gasteiger partial charge is 0.464 e. The lowest BCUT2D eigenvalue weighted by atomic mass is 9.91. The van der Waals surface area contributed by atoms with Gasteiger partial charge >= 0.3 is 0 Å². The Morgan fingerprint density at radius 3 is 1.68 bits per heavy atom. The Labute approximate surface area is 357 Å². The highest BCUT2D eigenvalue weighted by Gasteiger charge is 2.20. The SMILES string of the molecule is c1ccc(-c2cc(-n3c4ccc(-c5ccc6ccccc6c5)cc4c4cc5c6ccccc6c6cc(-c7cccc8ccoc78)ccc6c5cc43)cc(-c3ccccc3)n2)cc1. The van der Waals surface area contributed by atoms with Crippen molar-refractivity contribution in [1.82, 2.24) is 9.55 Å². The van der Waals surface area contributed by atoms with E-state index in [0.717, 1.165) is 61.3 Å². The fourth-order valence-corrected chi connectivity index (χ4v) is 9.84. The number of furan rings is 1. The van der Waals surface area contributed by atoms with Crippen molar-refractivity contribution >= 4 is 75.9 Å². The maximum absolute atomic E-state index is 6.03. The first-order valence-electron chi connectivity index (χ1n) is 21.2. The van der Waals surface area contributed by atoms with Crippen LogP contribution in [0.3, 0.4) is 0 Å². The fraction of sp³-hybridized carbons (Fsp3) is 0. The molecule has 0 saturated heterocycles. The molecule has 3 aromatic heterocycles. The molecule has 0 fully saturated rings. The van der Waals surface area contributed by atoms with Crippen LogP contribution in [0.1, 0.15) is 0 Å². The van der Waals surface area contributed by atoms with Gasteiger partial charge in [-0.3, -0.25) is 0 Å². The number of benzene rings is 10. The number of pyridine rings is 1. The molecule has 13 aromatic rings. The van der Waals surface area contributed by atoms with Gasteiger partial charge in [0.1, 0.15) is 5.58 Å². The van der Waals surface area contributed by atoms with E-state index in [2.05, 4.69) is 211 Å². The summed E-state index contributed by atoms with van der Waals surface area (Å²) >= 11 is 0. The maximum Gasteiger partial charge on any atom is 0.141 e. The minimum absolute atomic E-state index is 0.910. The Morgan fingerprint density at radius 2 is 0.903 bits per heavy atom. The van der Waals surface area contributed by atoms with Gasteiger partial charge in [0.2, 0.25) is 0 Å². The summed E-state index contributed by atoms with van der Waals surface area (Å²) < 4.78 is 8.49. The van der Waals surface area contributed by atoms with Crippen molar-refractivity contribution in [3.8, 4) is 50.5 Å². The summed E-state index contributed by atoms with van der Waals surface area (Å²) in [5, 5.41) is 13.4. The Hall–Kier alpha value is -8.27. The van der Waals surface area contributed by atoms with Crippen LogP contribution in [0.2, 0.25) is 0 Å². The first-order chi connectivity index (χ1) is 30.7. The van der Waals surface area contributed by atoms with Crippen molar-refractivity contribution in [3.63, 3.8) is 0 Å². The average Bonchev–Trinajstić information content (AvgIpc) is 3.96. The third-order valence-electron chi connectivity index (χ3n) is 12.8. The van der Waals surface area contributed by atoms with Crippen molar-refractivity contribution in [2.45, 2.75) is 0 Å². The van der Waals surface area contributed by atoms with Gasteiger partial charge in [0.15, 0.2) is 0 Å². The second kappa shape index (κ2) is 13.6. The molecule has 3 heterocycles. The molecule has 0 atom stereocenters. The van der Waals surface area contributed by atoms with E-state index in [1.165, 1.54) is 65.0 Å². The zero-order valence-electron chi connectivity index (χ0n) is 33.6. The van der Waals surface area contributed by atoms with Crippen LogP contribution < -0.4 is 0 Å². The summed E-state index contributed by atoms with van der Waals surface area (Å²) in [5.41, 5.74) is 12.9. The molecule has 0 saturated carbocycles. The summed E-state index contributed by atoms with van der Waals surface area (Å²) in [5.74, 6) is 0. The minimum atomic E-state index is 0.910. The number of rotatable bonds is 5. The number of para-hydroxylation sites is 1. The molecule has 13 rings (SSSR count). The van der Waals surface area contributed by atoms with Crippen molar-refractivity contribution in [2.24, 2.45) is 0 Å². The van der Waals surface area contributed by atoms with E-state index in [-0.39, 0.29) is 0 Å². The lowest BCUT2D eigenvalue weighted by Crippen LogP contribution is -1.98. The molecule has 3 nitrogen and oxygen atoms in total. The van der Waals surface area contributed by atoms with E-state index < -0.39 is 0 Å². The van der Waals surface area contributed by atoms with Gasteiger partial charge < -0.3 is 8.98 Å². The third kappa shape index (κ3) is 5.42. The lowest BCUT2D eigenvalue weighted by Gasteiger charge is -2.15. The molecule has 62 heavy (non-hydrogen) atoms. The highest BCUT2D eigenvalue weighted by atomic mass is 16.3. The van der Waals surface area contributed by atoms with Crippen LogP contribution in [0, 0.1) is 0 Å². The summed E-state index contributed by atoms with van der Waals surface area (Å²) in [7, 11) is 0. The van der Waals surface area contributed by atoms with Crippen LogP contribution >= 0.6 is 0 Å². The Morgan fingerprint density at radius 1 is 0.323 bits per heavy atom. The lowest BCUT2D eigenvalue weighted by molar-refractivity contribution is 0.617. The predicted molar refractivity (Wildman–Crippen MR) is 260 cm³/mol. The second-order valence-electron chi connectivity index (χ2n) is 16.3. The molecule has 0 radical (unpaired) electrons. The molecule has 0 amide bonds. The highest BCUT2D eigenvalue weighted by molar-refractivity contribution is 6.29. The van der Waals surface area contributed by atoms with Gasteiger partial charge in [0.25, 0.3) is 0 Å². The first kappa shape index (κ1) is 34.6. The molecule has 0 spiro atoms. The van der Waals surface area contributed by atoms with Crippen molar-refractivity contribution in [2.75, 3.05) is 0 Å². The zero-order chi connectivity index (χ0) is 40.7. The van der Waals surface area contributed by atoms with Gasteiger partial charge in [-0.05, 0) is 114 Å². The molecular formula is C59H36N2O. The first-order valence-corrected chi connectivity index (χ1v) is 21.2. The van der Waals surface area contributed by atoms with Crippen LogP contribution in [-0.4, -0.2) is 9.55 Å². The zero-order valence-corrected chi connectivity index (χ0v) is 33.6. The molecular weight excluding hydrogens is 753 g/mol. The smallest absolute Gasteiger partial charge is 0.141 e. The van der Waals surface area contributed by atoms with Gasteiger partial charge in [0.05, 0.1) is 34.4 Å². The van der Waals surface area contributed by atoms with Crippen molar-refractivity contribution < 1.29 is 4.42 Å². The quantitative estimate of drug-likeness (QED) is 0.163. The van der Waals surface area contributed by atoms with E-state index >= 15 is 0 Å². The van der Waals surface area contributed by atoms with Crippen LogP contribution in [0.15, 0.2) is 223 Å². The van der Waals surface area contributed by atoms with Crippen LogP contribution in [0.4, 0.5) is 0 Å². The molecule has 0 aliphatic heterocycles. The molecule has 0 N–H and O–H groups in total. The number of nitrogens with zero attached hydrogens (tertiary/aromatic N) is 2. The van der Waals surface area contributed by atoms with Crippen molar-refractivity contribution in [3.05, 3.63) is 219 Å². The molecule has 288 valence electrons. The maximum atomic E-state index is 6.03. The highest BCUT2D eigenvalue weighted by Crippen LogP contribution is 2.44. The van der Waals surface area contributed by atoms with E-state index in [0.29, 0.717) is 0 Å². The predicted octanol–water partition coefficient (Wildman–Crippen LogP) is 16.2. The van der Waals surface area contributed by atoms with E-state index in [4.69, 9.17) is 9.40 Å². The Kier molecular flexibility index (Phi) is 7.60. The number of fused-ring (bicyclic) bond motifs is 11. The van der Waals surface area contributed by atoms with Crippen LogP contribution in [0.5, 0.6) is 0 Å². The summed E-state index contributed by atoms with van der Waals surface area (Å²) in [4.78, 5) is 5.28. The standard InChI is InChI=1S/C59H36N2O/c1-3-13-38(14-4-1)55-33-45(34-56(60-55)39-15-5-2-6-16-39)61-57-27-25-43(42-23-22-37-12-7-8-17-41(37)30-42)31-53(57)54-35-51-48-20-10-9-19-47(48)50-32-44(24-26-49(50)52(51)36-58(54)61)46-21-11-18-40-28-29-62-59(40)46/h1-36H. The van der Waals surface area contributed by atoms with Gasteiger partial charge in [-0.25, -0.2) is 4.98 Å². The molecule has 0 bridgehead atoms. The van der Waals surface area contributed by atoms with Gasteiger partial charge in [-0.1, -0.05) is 158 Å². The monoisotopic (exact) mass is 788 g/mol. The minimum Gasteiger partial charge on any atom is -0.464 e. The Bertz CT molecular complexity index is 3860. The third-order valence-corrected chi connectivity index (χ3v) is 12.8. The van der Waals surface area contributed by atoms with E-state index in [1.54, 1.807) is 6.26 Å².